The lowest BCUT2D eigenvalue weighted by Gasteiger charge is -2.21. The van der Waals surface area contributed by atoms with E-state index in [0.717, 1.165) is 0 Å². The Labute approximate surface area is 143 Å². The molecule has 0 spiro atoms. The van der Waals surface area contributed by atoms with Gasteiger partial charge in [-0.2, -0.15) is 0 Å². The van der Waals surface area contributed by atoms with Crippen LogP contribution in [0.3, 0.4) is 0 Å². The van der Waals surface area contributed by atoms with Crippen LogP contribution in [0.25, 0.3) is 11.0 Å². The molecule has 0 aliphatic heterocycles. The van der Waals surface area contributed by atoms with Crippen LogP contribution in [0, 0.1) is 5.82 Å². The molecule has 0 saturated carbocycles. The van der Waals surface area contributed by atoms with E-state index in [2.05, 4.69) is 9.97 Å². The molecule has 3 rings (SSSR count). The molecule has 124 valence electrons. The maximum absolute atomic E-state index is 14.0. The van der Waals surface area contributed by atoms with Crippen LogP contribution in [-0.2, 0) is 12.2 Å². The third kappa shape index (κ3) is 3.32. The van der Waals surface area contributed by atoms with E-state index in [9.17, 15) is 9.50 Å². The van der Waals surface area contributed by atoms with E-state index in [4.69, 9.17) is 16.3 Å². The van der Waals surface area contributed by atoms with Crippen LogP contribution in [-0.4, -0.2) is 15.1 Å². The molecule has 0 bridgehead atoms. The van der Waals surface area contributed by atoms with E-state index >= 15 is 0 Å². The van der Waals surface area contributed by atoms with Crippen molar-refractivity contribution in [2.75, 3.05) is 0 Å². The van der Waals surface area contributed by atoms with Crippen LogP contribution in [0.1, 0.15) is 25.0 Å². The molecule has 0 aliphatic carbocycles. The summed E-state index contributed by atoms with van der Waals surface area (Å²) in [5.41, 5.74) is 0.900. The van der Waals surface area contributed by atoms with Crippen LogP contribution in [0.4, 0.5) is 4.39 Å². The molecular formula is C18H16ClFN2O2. The number of hydrogen-bond donors (Lipinski definition) is 1. The first kappa shape index (κ1) is 16.6. The zero-order valence-corrected chi connectivity index (χ0v) is 14.0. The zero-order chi connectivity index (χ0) is 17.3. The second-order valence-electron chi connectivity index (χ2n) is 5.94. The normalized spacial score (nSPS) is 11.7. The number of aliphatic hydroxyl groups is 1. The highest BCUT2D eigenvalue weighted by molar-refractivity contribution is 6.30. The van der Waals surface area contributed by atoms with Crippen LogP contribution in [0.2, 0.25) is 5.02 Å². The third-order valence-electron chi connectivity index (χ3n) is 3.60. The summed E-state index contributed by atoms with van der Waals surface area (Å²) >= 11 is 5.78. The highest BCUT2D eigenvalue weighted by Crippen LogP contribution is 2.31. The summed E-state index contributed by atoms with van der Waals surface area (Å²) in [6.07, 6.45) is 1.65. The lowest BCUT2D eigenvalue weighted by molar-refractivity contribution is 0.0736. The van der Waals surface area contributed by atoms with Crippen LogP contribution >= 0.6 is 11.6 Å². The smallest absolute Gasteiger partial charge is 0.220 e. The molecule has 0 amide bonds. The second kappa shape index (κ2) is 6.34. The average molecular weight is 347 g/mol. The van der Waals surface area contributed by atoms with Gasteiger partial charge in [0.15, 0.2) is 0 Å². The number of fused-ring (bicyclic) bond motifs is 1. The van der Waals surface area contributed by atoms with Gasteiger partial charge in [-0.1, -0.05) is 23.7 Å². The maximum atomic E-state index is 14.0. The molecule has 0 radical (unpaired) electrons. The number of benzene rings is 1. The molecule has 0 atom stereocenters. The summed E-state index contributed by atoms with van der Waals surface area (Å²) in [5, 5.41) is 10.4. The lowest BCUT2D eigenvalue weighted by atomic mass is 9.99. The highest BCUT2D eigenvalue weighted by atomic mass is 35.5. The Morgan fingerprint density at radius 2 is 2.00 bits per heavy atom. The minimum absolute atomic E-state index is 0.0366. The summed E-state index contributed by atoms with van der Waals surface area (Å²) in [7, 11) is 0. The van der Waals surface area contributed by atoms with Crippen molar-refractivity contribution in [1.29, 1.82) is 0 Å². The minimum Gasteiger partial charge on any atom is -0.472 e. The number of hydrogen-bond acceptors (Lipinski definition) is 4. The van der Waals surface area contributed by atoms with Gasteiger partial charge in [0.2, 0.25) is 5.88 Å². The molecule has 3 aromatic rings. The fourth-order valence-corrected chi connectivity index (χ4v) is 2.53. The SMILES string of the molecule is CC(C)(O)c1cc2ncccc2nc1OCc1cccc(Cl)c1F. The number of aromatic nitrogens is 2. The Bertz CT molecular complexity index is 894. The molecule has 24 heavy (non-hydrogen) atoms. The van der Waals surface area contributed by atoms with E-state index in [-0.39, 0.29) is 17.5 Å². The van der Waals surface area contributed by atoms with Crippen LogP contribution < -0.4 is 4.74 Å². The first-order valence-electron chi connectivity index (χ1n) is 7.40. The van der Waals surface area contributed by atoms with E-state index in [1.165, 1.54) is 6.07 Å². The Balaban J connectivity index is 2.00. The van der Waals surface area contributed by atoms with E-state index < -0.39 is 11.4 Å². The fraction of sp³-hybridized carbons (Fsp3) is 0.222. The summed E-state index contributed by atoms with van der Waals surface area (Å²) in [6.45, 7) is 3.21. The third-order valence-corrected chi connectivity index (χ3v) is 3.90. The maximum Gasteiger partial charge on any atom is 0.220 e. The minimum atomic E-state index is -1.18. The first-order valence-corrected chi connectivity index (χ1v) is 7.78. The van der Waals surface area contributed by atoms with Gasteiger partial charge >= 0.3 is 0 Å². The van der Waals surface area contributed by atoms with Gasteiger partial charge in [0, 0.05) is 17.3 Å². The van der Waals surface area contributed by atoms with Crippen LogP contribution in [0.5, 0.6) is 5.88 Å². The molecule has 0 aliphatic rings. The monoisotopic (exact) mass is 346 g/mol. The number of rotatable bonds is 4. The molecule has 0 saturated heterocycles. The Kier molecular flexibility index (Phi) is 4.39. The van der Waals surface area contributed by atoms with Crippen molar-refractivity contribution in [3.8, 4) is 5.88 Å². The molecule has 0 fully saturated rings. The molecular weight excluding hydrogens is 331 g/mol. The predicted octanol–water partition coefficient (Wildman–Crippen LogP) is 4.23. The summed E-state index contributed by atoms with van der Waals surface area (Å²) < 4.78 is 19.7. The Morgan fingerprint density at radius 3 is 2.75 bits per heavy atom. The molecule has 1 N–H and O–H groups in total. The van der Waals surface area contributed by atoms with E-state index in [0.29, 0.717) is 22.2 Å². The standard InChI is InChI=1S/C18H16ClFN2O2/c1-18(2,23)12-9-15-14(7-4-8-21-15)22-17(12)24-10-11-5-3-6-13(19)16(11)20/h3-9,23H,10H2,1-2H3. The highest BCUT2D eigenvalue weighted by Gasteiger charge is 2.24. The van der Waals surface area contributed by atoms with Crippen molar-refractivity contribution in [3.63, 3.8) is 0 Å². The van der Waals surface area contributed by atoms with Gasteiger partial charge in [0.1, 0.15) is 12.4 Å². The average Bonchev–Trinajstić information content (AvgIpc) is 2.54. The lowest BCUT2D eigenvalue weighted by Crippen LogP contribution is -2.18. The van der Waals surface area contributed by atoms with Gasteiger partial charge in [-0.05, 0) is 38.1 Å². The number of ether oxygens (including phenoxy) is 1. The number of nitrogens with zero attached hydrogens (tertiary/aromatic N) is 2. The van der Waals surface area contributed by atoms with Crippen molar-refractivity contribution >= 4 is 22.6 Å². The molecule has 2 aromatic heterocycles. The van der Waals surface area contributed by atoms with Gasteiger partial charge in [0.05, 0.1) is 21.7 Å². The topological polar surface area (TPSA) is 55.2 Å². The molecule has 0 unspecified atom stereocenters. The van der Waals surface area contributed by atoms with Crippen molar-refractivity contribution in [1.82, 2.24) is 9.97 Å². The molecule has 6 heteroatoms. The summed E-state index contributed by atoms with van der Waals surface area (Å²) in [4.78, 5) is 8.64. The van der Waals surface area contributed by atoms with Crippen LogP contribution in [0.15, 0.2) is 42.6 Å². The molecule has 2 heterocycles. The first-order chi connectivity index (χ1) is 11.4. The quantitative estimate of drug-likeness (QED) is 0.768. The number of pyridine rings is 2. The fourth-order valence-electron chi connectivity index (χ4n) is 2.34. The van der Waals surface area contributed by atoms with Gasteiger partial charge < -0.3 is 9.84 Å². The Morgan fingerprint density at radius 1 is 1.21 bits per heavy atom. The van der Waals surface area contributed by atoms with Crippen molar-refractivity contribution in [2.24, 2.45) is 0 Å². The zero-order valence-electron chi connectivity index (χ0n) is 13.3. The Hall–Kier alpha value is -2.24. The van der Waals surface area contributed by atoms with Gasteiger partial charge in [0.25, 0.3) is 0 Å². The van der Waals surface area contributed by atoms with Gasteiger partial charge in [-0.15, -0.1) is 0 Å². The summed E-state index contributed by atoms with van der Waals surface area (Å²) in [5.74, 6) is -0.284. The van der Waals surface area contributed by atoms with E-state index in [1.807, 2.05) is 0 Å². The second-order valence-corrected chi connectivity index (χ2v) is 6.35. The number of halogens is 2. The summed E-state index contributed by atoms with van der Waals surface area (Å²) in [6, 6.07) is 10.0. The largest absolute Gasteiger partial charge is 0.472 e. The molecule has 4 nitrogen and oxygen atoms in total. The van der Waals surface area contributed by atoms with Gasteiger partial charge in [-0.25, -0.2) is 9.37 Å². The molecule has 1 aromatic carbocycles. The predicted molar refractivity (Wildman–Crippen MR) is 90.5 cm³/mol. The van der Waals surface area contributed by atoms with E-state index in [1.54, 1.807) is 50.4 Å². The van der Waals surface area contributed by atoms with Gasteiger partial charge in [-0.3, -0.25) is 4.98 Å². The van der Waals surface area contributed by atoms with Crippen molar-refractivity contribution < 1.29 is 14.2 Å². The van der Waals surface area contributed by atoms with Crippen molar-refractivity contribution in [2.45, 2.75) is 26.1 Å². The van der Waals surface area contributed by atoms with Crippen molar-refractivity contribution in [3.05, 3.63) is 64.6 Å².